The van der Waals surface area contributed by atoms with Crippen LogP contribution in [0.15, 0.2) is 212 Å². The third-order valence-corrected chi connectivity index (χ3v) is 12.2. The van der Waals surface area contributed by atoms with Gasteiger partial charge in [-0.25, -0.2) is 9.37 Å². The van der Waals surface area contributed by atoms with Gasteiger partial charge in [-0.1, -0.05) is 111 Å². The first kappa shape index (κ1) is 36.3. The maximum absolute atomic E-state index is 14.5. The van der Waals surface area contributed by atoms with E-state index in [0.717, 1.165) is 72.9 Å². The SMILES string of the molecule is CC1(C)c2ccccc2-c2ccc(N(c3ccccc3)c3cc(-c4ccc5c(c4)c4ccccc4n5-c4ccccn4)cc(N(c4ccccc4)c4ccc(F)cc4)c3)cc21. The van der Waals surface area contributed by atoms with Crippen molar-refractivity contribution in [2.45, 2.75) is 19.3 Å². The molecule has 0 radical (unpaired) electrons. The Balaban J connectivity index is 1.16. The molecule has 0 fully saturated rings. The van der Waals surface area contributed by atoms with Crippen molar-refractivity contribution in [3.8, 4) is 28.1 Å². The van der Waals surface area contributed by atoms with Crippen LogP contribution in [0.25, 0.3) is 49.9 Å². The maximum Gasteiger partial charge on any atom is 0.137 e. The normalized spacial score (nSPS) is 12.6. The van der Waals surface area contributed by atoms with Crippen molar-refractivity contribution in [3.63, 3.8) is 0 Å². The Hall–Kier alpha value is -7.76. The van der Waals surface area contributed by atoms with E-state index in [1.807, 2.05) is 48.7 Å². The first-order chi connectivity index (χ1) is 29.9. The fourth-order valence-corrected chi connectivity index (χ4v) is 9.38. The molecular formula is C56H41FN4. The fourth-order valence-electron chi connectivity index (χ4n) is 9.38. The van der Waals surface area contributed by atoms with E-state index in [1.165, 1.54) is 34.4 Å². The highest BCUT2D eigenvalue weighted by atomic mass is 19.1. The Kier molecular flexibility index (Phi) is 8.64. The molecule has 5 heteroatoms. The van der Waals surface area contributed by atoms with E-state index in [-0.39, 0.29) is 11.2 Å². The molecule has 292 valence electrons. The van der Waals surface area contributed by atoms with Crippen LogP contribution in [-0.4, -0.2) is 9.55 Å². The van der Waals surface area contributed by atoms with E-state index in [0.29, 0.717) is 0 Å². The van der Waals surface area contributed by atoms with Gasteiger partial charge in [-0.05, 0) is 143 Å². The Morgan fingerprint density at radius 1 is 0.426 bits per heavy atom. The Morgan fingerprint density at radius 2 is 1.02 bits per heavy atom. The standard InChI is InChI=1S/C56H41FN4/c1-56(2)51-21-11-9-19-47(51)48-30-29-44(37-52(48)56)60(42-17-7-4-8-18-42)46-34-39(33-45(36-46)59(41-15-5-3-6-16-41)43-27-25-40(57)26-28-43)38-24-31-54-50(35-38)49-20-10-12-22-53(49)61(54)55-23-13-14-32-58-55/h3-37H,1-2H3. The number of aromatic nitrogens is 2. The Labute approximate surface area is 355 Å². The molecule has 0 bridgehead atoms. The van der Waals surface area contributed by atoms with Gasteiger partial charge in [-0.2, -0.15) is 0 Å². The van der Waals surface area contributed by atoms with Crippen LogP contribution < -0.4 is 9.80 Å². The van der Waals surface area contributed by atoms with E-state index in [4.69, 9.17) is 4.98 Å². The molecule has 8 aromatic carbocycles. The third-order valence-electron chi connectivity index (χ3n) is 12.2. The minimum atomic E-state index is -0.277. The van der Waals surface area contributed by atoms with E-state index in [9.17, 15) is 4.39 Å². The van der Waals surface area contributed by atoms with Gasteiger partial charge in [-0.3, -0.25) is 4.57 Å². The van der Waals surface area contributed by atoms with Crippen LogP contribution in [0.2, 0.25) is 0 Å². The van der Waals surface area contributed by atoms with Crippen molar-refractivity contribution >= 4 is 55.9 Å². The summed E-state index contributed by atoms with van der Waals surface area (Å²) < 4.78 is 16.8. The number of hydrogen-bond donors (Lipinski definition) is 0. The zero-order chi connectivity index (χ0) is 41.1. The minimum Gasteiger partial charge on any atom is -0.310 e. The molecule has 0 amide bonds. The van der Waals surface area contributed by atoms with Crippen molar-refractivity contribution < 1.29 is 4.39 Å². The van der Waals surface area contributed by atoms with E-state index >= 15 is 0 Å². The van der Waals surface area contributed by atoms with Crippen LogP contribution in [0.4, 0.5) is 38.5 Å². The number of halogens is 1. The number of pyridine rings is 1. The molecule has 11 rings (SSSR count). The van der Waals surface area contributed by atoms with Gasteiger partial charge >= 0.3 is 0 Å². The summed E-state index contributed by atoms with van der Waals surface area (Å²) in [7, 11) is 0. The largest absolute Gasteiger partial charge is 0.310 e. The van der Waals surface area contributed by atoms with Gasteiger partial charge < -0.3 is 9.80 Å². The van der Waals surface area contributed by atoms with Crippen LogP contribution in [0, 0.1) is 5.82 Å². The van der Waals surface area contributed by atoms with Crippen molar-refractivity contribution in [1.29, 1.82) is 0 Å². The molecule has 0 aliphatic heterocycles. The van der Waals surface area contributed by atoms with Crippen molar-refractivity contribution in [2.75, 3.05) is 9.80 Å². The predicted molar refractivity (Wildman–Crippen MR) is 251 cm³/mol. The number of para-hydroxylation sites is 3. The van der Waals surface area contributed by atoms with Crippen molar-refractivity contribution in [2.24, 2.45) is 0 Å². The Bertz CT molecular complexity index is 3230. The molecule has 10 aromatic rings. The summed E-state index contributed by atoms with van der Waals surface area (Å²) in [5, 5.41) is 2.30. The summed E-state index contributed by atoms with van der Waals surface area (Å²) in [5.41, 5.74) is 15.2. The summed E-state index contributed by atoms with van der Waals surface area (Å²) in [5.74, 6) is 0.601. The summed E-state index contributed by atoms with van der Waals surface area (Å²) in [6.07, 6.45) is 1.84. The molecule has 0 saturated carbocycles. The molecule has 0 N–H and O–H groups in total. The first-order valence-corrected chi connectivity index (χ1v) is 20.7. The average molecular weight is 789 g/mol. The number of fused-ring (bicyclic) bond motifs is 6. The van der Waals surface area contributed by atoms with Gasteiger partial charge in [-0.15, -0.1) is 0 Å². The monoisotopic (exact) mass is 788 g/mol. The Morgan fingerprint density at radius 3 is 1.74 bits per heavy atom. The van der Waals surface area contributed by atoms with Gasteiger partial charge in [0.1, 0.15) is 11.6 Å². The number of rotatable bonds is 8. The highest BCUT2D eigenvalue weighted by molar-refractivity contribution is 6.10. The number of benzene rings is 8. The molecule has 0 spiro atoms. The van der Waals surface area contributed by atoms with Gasteiger partial charge in [0.15, 0.2) is 0 Å². The molecule has 0 saturated heterocycles. The second-order valence-corrected chi connectivity index (χ2v) is 16.2. The lowest BCUT2D eigenvalue weighted by Crippen LogP contribution is -2.17. The van der Waals surface area contributed by atoms with Crippen LogP contribution in [-0.2, 0) is 5.41 Å². The summed E-state index contributed by atoms with van der Waals surface area (Å²) in [4.78, 5) is 9.33. The highest BCUT2D eigenvalue weighted by Crippen LogP contribution is 2.51. The van der Waals surface area contributed by atoms with Crippen LogP contribution in [0.1, 0.15) is 25.0 Å². The number of hydrogen-bond acceptors (Lipinski definition) is 3. The lowest BCUT2D eigenvalue weighted by Gasteiger charge is -2.31. The van der Waals surface area contributed by atoms with Gasteiger partial charge in [0.2, 0.25) is 0 Å². The zero-order valence-corrected chi connectivity index (χ0v) is 33.9. The van der Waals surface area contributed by atoms with E-state index < -0.39 is 0 Å². The van der Waals surface area contributed by atoms with Gasteiger partial charge in [0.25, 0.3) is 0 Å². The molecule has 4 nitrogen and oxygen atoms in total. The first-order valence-electron chi connectivity index (χ1n) is 20.7. The zero-order valence-electron chi connectivity index (χ0n) is 33.9. The molecule has 2 aromatic heterocycles. The van der Waals surface area contributed by atoms with Crippen LogP contribution in [0.5, 0.6) is 0 Å². The maximum atomic E-state index is 14.5. The van der Waals surface area contributed by atoms with E-state index in [1.54, 1.807) is 0 Å². The topological polar surface area (TPSA) is 24.3 Å². The summed E-state index contributed by atoms with van der Waals surface area (Å²) in [6, 6.07) is 71.5. The van der Waals surface area contributed by atoms with Crippen molar-refractivity contribution in [3.05, 3.63) is 229 Å². The molecular weight excluding hydrogens is 748 g/mol. The number of anilines is 6. The third kappa shape index (κ3) is 6.17. The predicted octanol–water partition coefficient (Wildman–Crippen LogP) is 15.2. The molecule has 2 heterocycles. The molecule has 1 aliphatic rings. The second-order valence-electron chi connectivity index (χ2n) is 16.2. The summed E-state index contributed by atoms with van der Waals surface area (Å²) >= 11 is 0. The lowest BCUT2D eigenvalue weighted by atomic mass is 9.82. The van der Waals surface area contributed by atoms with E-state index in [2.05, 4.69) is 180 Å². The second kappa shape index (κ2) is 14.5. The molecule has 1 aliphatic carbocycles. The van der Waals surface area contributed by atoms with Gasteiger partial charge in [0, 0.05) is 56.5 Å². The van der Waals surface area contributed by atoms with Crippen LogP contribution in [0.3, 0.4) is 0 Å². The highest BCUT2D eigenvalue weighted by Gasteiger charge is 2.36. The van der Waals surface area contributed by atoms with Crippen molar-refractivity contribution in [1.82, 2.24) is 9.55 Å². The van der Waals surface area contributed by atoms with Crippen LogP contribution >= 0.6 is 0 Å². The minimum absolute atomic E-state index is 0.173. The average Bonchev–Trinajstić information content (AvgIpc) is 3.76. The number of nitrogens with zero attached hydrogens (tertiary/aromatic N) is 4. The quantitative estimate of drug-likeness (QED) is 0.153. The molecule has 61 heavy (non-hydrogen) atoms. The molecule has 0 atom stereocenters. The van der Waals surface area contributed by atoms with Gasteiger partial charge in [0.05, 0.1) is 11.0 Å². The lowest BCUT2D eigenvalue weighted by molar-refractivity contribution is 0.628. The summed E-state index contributed by atoms with van der Waals surface area (Å²) in [6.45, 7) is 4.66. The fraction of sp³-hybridized carbons (Fsp3) is 0.0536. The smallest absolute Gasteiger partial charge is 0.137 e. The molecule has 0 unspecified atom stereocenters.